The van der Waals surface area contributed by atoms with Crippen molar-refractivity contribution in [2.45, 2.75) is 19.3 Å². The fourth-order valence-corrected chi connectivity index (χ4v) is 10.7. The van der Waals surface area contributed by atoms with Crippen molar-refractivity contribution in [2.24, 2.45) is 0 Å². The second-order valence-corrected chi connectivity index (χ2v) is 18.2. The highest BCUT2D eigenvalue weighted by Gasteiger charge is 2.38. The third kappa shape index (κ3) is 6.29. The molecule has 9 aromatic carbocycles. The Hall–Kier alpha value is -8.60. The van der Waals surface area contributed by atoms with Crippen LogP contribution in [0.4, 0.5) is 17.2 Å². The Kier molecular flexibility index (Phi) is 8.84. The highest BCUT2D eigenvalue weighted by atomic mass is 15.2. The maximum Gasteiger partial charge on any atom is 0.138 e. The molecular weight excluding hydrogens is 813 g/mol. The van der Waals surface area contributed by atoms with Gasteiger partial charge in [-0.05, 0) is 116 Å². The highest BCUT2D eigenvalue weighted by Crippen LogP contribution is 2.54. The smallest absolute Gasteiger partial charge is 0.138 e. The predicted octanol–water partition coefficient (Wildman–Crippen LogP) is 16.7. The molecule has 0 atom stereocenters. The molecule has 67 heavy (non-hydrogen) atoms. The van der Waals surface area contributed by atoms with Gasteiger partial charge in [-0.15, -0.1) is 0 Å². The molecule has 0 aliphatic carbocycles. The lowest BCUT2D eigenvalue weighted by Gasteiger charge is -2.41. The fourth-order valence-electron chi connectivity index (χ4n) is 10.7. The molecule has 0 saturated heterocycles. The Bertz CT molecular complexity index is 3900. The van der Waals surface area contributed by atoms with Gasteiger partial charge in [0.1, 0.15) is 11.6 Å². The van der Waals surface area contributed by atoms with Crippen LogP contribution in [-0.4, -0.2) is 14.5 Å². The Morgan fingerprint density at radius 1 is 0.328 bits per heavy atom. The van der Waals surface area contributed by atoms with Gasteiger partial charge >= 0.3 is 0 Å². The van der Waals surface area contributed by atoms with Crippen LogP contribution in [0.3, 0.4) is 0 Å². The van der Waals surface area contributed by atoms with Crippen LogP contribution in [0.25, 0.3) is 93.9 Å². The maximum absolute atomic E-state index is 5.53. The van der Waals surface area contributed by atoms with Crippen molar-refractivity contribution >= 4 is 60.8 Å². The zero-order valence-electron chi connectivity index (χ0n) is 37.2. The second kappa shape index (κ2) is 15.3. The van der Waals surface area contributed by atoms with Crippen LogP contribution < -0.4 is 4.90 Å². The van der Waals surface area contributed by atoms with Gasteiger partial charge < -0.3 is 0 Å². The van der Waals surface area contributed by atoms with Crippen LogP contribution in [-0.2, 0) is 5.41 Å². The summed E-state index contributed by atoms with van der Waals surface area (Å²) in [6, 6.07) is 83.2. The first-order chi connectivity index (χ1) is 33.0. The highest BCUT2D eigenvalue weighted by molar-refractivity contribution is 6.12. The van der Waals surface area contributed by atoms with Crippen molar-refractivity contribution in [3.63, 3.8) is 0 Å². The van der Waals surface area contributed by atoms with Gasteiger partial charge in [0.2, 0.25) is 0 Å². The first-order valence-corrected chi connectivity index (χ1v) is 23.1. The van der Waals surface area contributed by atoms with E-state index in [9.17, 15) is 0 Å². The summed E-state index contributed by atoms with van der Waals surface area (Å²) in [5, 5.41) is 4.61. The van der Waals surface area contributed by atoms with Gasteiger partial charge in [-0.25, -0.2) is 9.97 Å². The molecule has 4 nitrogen and oxygen atoms in total. The van der Waals surface area contributed by atoms with E-state index in [-0.39, 0.29) is 5.41 Å². The number of hydrogen-bond acceptors (Lipinski definition) is 3. The molecule has 0 unspecified atom stereocenters. The lowest BCUT2D eigenvalue weighted by atomic mass is 9.73. The largest absolute Gasteiger partial charge is 0.294 e. The van der Waals surface area contributed by atoms with Gasteiger partial charge in [-0.2, -0.15) is 0 Å². The normalized spacial score (nSPS) is 13.0. The summed E-state index contributed by atoms with van der Waals surface area (Å²) < 4.78 is 2.38. The van der Waals surface area contributed by atoms with E-state index < -0.39 is 0 Å². The summed E-state index contributed by atoms with van der Waals surface area (Å²) in [5.41, 5.74) is 17.8. The molecule has 0 fully saturated rings. The first kappa shape index (κ1) is 38.8. The summed E-state index contributed by atoms with van der Waals surface area (Å²) in [4.78, 5) is 13.4. The lowest BCUT2D eigenvalue weighted by molar-refractivity contribution is 0.632. The number of fused-ring (bicyclic) bond motifs is 7. The number of benzene rings is 9. The molecule has 316 valence electrons. The average Bonchev–Trinajstić information content (AvgIpc) is 3.71. The van der Waals surface area contributed by atoms with Gasteiger partial charge in [0.05, 0.1) is 33.4 Å². The van der Waals surface area contributed by atoms with Crippen molar-refractivity contribution in [3.8, 4) is 50.3 Å². The summed E-state index contributed by atoms with van der Waals surface area (Å²) in [5.74, 6) is 1.74. The van der Waals surface area contributed by atoms with Crippen LogP contribution in [0.1, 0.15) is 25.0 Å². The number of aromatic nitrogens is 3. The zero-order chi connectivity index (χ0) is 44.6. The van der Waals surface area contributed by atoms with E-state index in [4.69, 9.17) is 9.97 Å². The molecule has 0 saturated carbocycles. The molecule has 4 heterocycles. The summed E-state index contributed by atoms with van der Waals surface area (Å²) >= 11 is 0. The summed E-state index contributed by atoms with van der Waals surface area (Å²) in [6.07, 6.45) is 0. The van der Waals surface area contributed by atoms with Crippen LogP contribution in [0.15, 0.2) is 231 Å². The molecule has 0 amide bonds. The summed E-state index contributed by atoms with van der Waals surface area (Å²) in [7, 11) is 0. The Labute approximate surface area is 389 Å². The van der Waals surface area contributed by atoms with E-state index in [2.05, 4.69) is 254 Å². The third-order valence-electron chi connectivity index (χ3n) is 13.9. The lowest BCUT2D eigenvalue weighted by Crippen LogP contribution is -2.31. The minimum atomic E-state index is -0.318. The van der Waals surface area contributed by atoms with Gasteiger partial charge in [0.25, 0.3) is 0 Å². The zero-order valence-corrected chi connectivity index (χ0v) is 37.2. The molecule has 1 aliphatic rings. The number of nitrogens with zero attached hydrogens (tertiary/aromatic N) is 4. The van der Waals surface area contributed by atoms with Crippen molar-refractivity contribution in [2.75, 3.05) is 4.90 Å². The number of hydrogen-bond donors (Lipinski definition) is 0. The van der Waals surface area contributed by atoms with Crippen LogP contribution in [0.5, 0.6) is 0 Å². The van der Waals surface area contributed by atoms with Crippen molar-refractivity contribution in [3.05, 3.63) is 242 Å². The molecule has 0 radical (unpaired) electrons. The molecule has 0 N–H and O–H groups in total. The van der Waals surface area contributed by atoms with E-state index >= 15 is 0 Å². The number of rotatable bonds is 6. The number of anilines is 3. The maximum atomic E-state index is 5.53. The molecule has 1 aliphatic heterocycles. The molecule has 4 heteroatoms. The Morgan fingerprint density at radius 3 is 1.46 bits per heavy atom. The van der Waals surface area contributed by atoms with E-state index in [1.165, 1.54) is 44.2 Å². The number of para-hydroxylation sites is 4. The predicted molar refractivity (Wildman–Crippen MR) is 280 cm³/mol. The van der Waals surface area contributed by atoms with Crippen molar-refractivity contribution in [1.82, 2.24) is 14.5 Å². The molecule has 3 aromatic heterocycles. The fraction of sp³-hybridized carbons (Fsp3) is 0.0476. The van der Waals surface area contributed by atoms with Crippen LogP contribution in [0, 0.1) is 0 Å². The SMILES string of the molecule is CC1(C)c2ccccc2N(c2cc(-c3cccc(-c4ccccc4)c3)c3ccccc3n2)c2cc3c(cc21)c1ccccc1n3-c1cc(-c2cccc(-c3ccccc3)c2)c2ccccc2n1. The van der Waals surface area contributed by atoms with Crippen molar-refractivity contribution in [1.29, 1.82) is 0 Å². The molecule has 13 rings (SSSR count). The summed E-state index contributed by atoms with van der Waals surface area (Å²) in [6.45, 7) is 4.73. The van der Waals surface area contributed by atoms with Gasteiger partial charge in [0.15, 0.2) is 0 Å². The van der Waals surface area contributed by atoms with Gasteiger partial charge in [-0.3, -0.25) is 9.47 Å². The van der Waals surface area contributed by atoms with E-state index in [1.54, 1.807) is 0 Å². The molecule has 0 bridgehead atoms. The molecular formula is C63H44N4. The van der Waals surface area contributed by atoms with Crippen molar-refractivity contribution < 1.29 is 0 Å². The van der Waals surface area contributed by atoms with E-state index in [0.717, 1.165) is 78.1 Å². The van der Waals surface area contributed by atoms with Crippen LogP contribution >= 0.6 is 0 Å². The molecule has 12 aromatic rings. The Balaban J connectivity index is 1.06. The average molecular weight is 857 g/mol. The van der Waals surface area contributed by atoms with E-state index in [0.29, 0.717) is 0 Å². The monoisotopic (exact) mass is 856 g/mol. The quantitative estimate of drug-likeness (QED) is 0.167. The third-order valence-corrected chi connectivity index (χ3v) is 13.9. The topological polar surface area (TPSA) is 34.0 Å². The minimum absolute atomic E-state index is 0.318. The van der Waals surface area contributed by atoms with E-state index in [1.807, 2.05) is 0 Å². The second-order valence-electron chi connectivity index (χ2n) is 18.2. The molecule has 0 spiro atoms. The van der Waals surface area contributed by atoms with Gasteiger partial charge in [-0.1, -0.05) is 184 Å². The minimum Gasteiger partial charge on any atom is -0.294 e. The Morgan fingerprint density at radius 2 is 0.821 bits per heavy atom. The van der Waals surface area contributed by atoms with Crippen LogP contribution in [0.2, 0.25) is 0 Å². The number of pyridine rings is 2. The van der Waals surface area contributed by atoms with Gasteiger partial charge in [0, 0.05) is 27.0 Å². The standard InChI is InChI=1S/C63H44N4/c1-63(2)53-30-12-16-34-58(53)67(62-39-51(48-28-10-14-32-56(48)65-62)46-26-18-24-44(36-46)42-21-7-4-8-22-42)60-40-59-52(37-54(60)63)49-29-11-15-33-57(49)66(59)61-38-50(47-27-9-13-31-55(47)64-61)45-25-17-23-43(35-45)41-19-5-3-6-20-41/h3-40H,1-2H3. The first-order valence-electron chi connectivity index (χ1n) is 23.1.